The van der Waals surface area contributed by atoms with E-state index in [9.17, 15) is 13.2 Å². The Labute approximate surface area is 150 Å². The summed E-state index contributed by atoms with van der Waals surface area (Å²) in [5.41, 5.74) is 0.641. The van der Waals surface area contributed by atoms with Crippen molar-refractivity contribution in [3.8, 4) is 0 Å². The second-order valence-electron chi connectivity index (χ2n) is 6.50. The lowest BCUT2D eigenvalue weighted by Gasteiger charge is -2.35. The van der Waals surface area contributed by atoms with Crippen LogP contribution in [0.15, 0.2) is 27.7 Å². The van der Waals surface area contributed by atoms with Crippen molar-refractivity contribution in [2.24, 2.45) is 5.92 Å². The molecule has 0 N–H and O–H groups in total. The van der Waals surface area contributed by atoms with Crippen molar-refractivity contribution in [3.63, 3.8) is 0 Å². The average Bonchev–Trinajstić information content (AvgIpc) is 3.17. The zero-order chi connectivity index (χ0) is 18.1. The van der Waals surface area contributed by atoms with Crippen LogP contribution in [0.1, 0.15) is 12.8 Å². The van der Waals surface area contributed by atoms with E-state index in [1.54, 1.807) is 12.1 Å². The number of carbonyl (C=O) groups excluding carboxylic acids is 1. The van der Waals surface area contributed by atoms with Crippen LogP contribution in [0.4, 0.5) is 0 Å². The molecule has 0 spiro atoms. The first-order chi connectivity index (χ1) is 12.6. The molecule has 0 radical (unpaired) electrons. The molecule has 0 aliphatic carbocycles. The summed E-state index contributed by atoms with van der Waals surface area (Å²) >= 11 is 0. The molecular weight excluding hydrogens is 360 g/mol. The first-order valence-electron chi connectivity index (χ1n) is 8.65. The van der Waals surface area contributed by atoms with Crippen LogP contribution in [0.25, 0.3) is 11.0 Å². The summed E-state index contributed by atoms with van der Waals surface area (Å²) in [6.45, 7) is 2.97. The summed E-state index contributed by atoms with van der Waals surface area (Å²) in [7, 11) is -3.71. The van der Waals surface area contributed by atoms with Crippen LogP contribution in [-0.4, -0.2) is 73.2 Å². The quantitative estimate of drug-likeness (QED) is 0.762. The summed E-state index contributed by atoms with van der Waals surface area (Å²) in [6.07, 6.45) is 1.03. The molecule has 26 heavy (non-hydrogen) atoms. The summed E-state index contributed by atoms with van der Waals surface area (Å²) in [6, 6.07) is 4.78. The van der Waals surface area contributed by atoms with Crippen molar-refractivity contribution >= 4 is 27.0 Å². The van der Waals surface area contributed by atoms with E-state index in [1.165, 1.54) is 10.4 Å². The summed E-state index contributed by atoms with van der Waals surface area (Å²) in [5.74, 6) is -0.0304. The van der Waals surface area contributed by atoms with E-state index in [2.05, 4.69) is 14.9 Å². The number of amides is 1. The van der Waals surface area contributed by atoms with Gasteiger partial charge >= 0.3 is 0 Å². The lowest BCUT2D eigenvalue weighted by atomic mass is 9.96. The number of morpholine rings is 1. The van der Waals surface area contributed by atoms with Crippen molar-refractivity contribution in [1.82, 2.24) is 19.5 Å². The fraction of sp³-hybridized carbons (Fsp3) is 0.562. The maximum Gasteiger partial charge on any atom is 0.245 e. The number of hydrogen-bond donors (Lipinski definition) is 0. The molecule has 3 heterocycles. The smallest absolute Gasteiger partial charge is 0.245 e. The lowest BCUT2D eigenvalue weighted by molar-refractivity contribution is -0.140. The third-order valence-corrected chi connectivity index (χ3v) is 6.92. The molecule has 9 nitrogen and oxygen atoms in total. The Bertz CT molecular complexity index is 898. The maximum absolute atomic E-state index is 13.0. The molecule has 0 bridgehead atoms. The molecule has 1 aromatic heterocycles. The highest BCUT2D eigenvalue weighted by Crippen LogP contribution is 2.28. The molecule has 2 aromatic rings. The second-order valence-corrected chi connectivity index (χ2v) is 8.41. The Morgan fingerprint density at radius 3 is 2.54 bits per heavy atom. The van der Waals surface area contributed by atoms with Gasteiger partial charge in [-0.25, -0.2) is 13.0 Å². The minimum absolute atomic E-state index is 0.0919. The molecule has 2 saturated heterocycles. The van der Waals surface area contributed by atoms with Gasteiger partial charge in [0.15, 0.2) is 5.52 Å². The minimum atomic E-state index is -3.71. The average molecular weight is 380 g/mol. The van der Waals surface area contributed by atoms with Crippen molar-refractivity contribution in [3.05, 3.63) is 18.2 Å². The highest BCUT2D eigenvalue weighted by atomic mass is 32.2. The number of rotatable bonds is 3. The van der Waals surface area contributed by atoms with Crippen molar-refractivity contribution in [1.29, 1.82) is 0 Å². The molecule has 2 fully saturated rings. The van der Waals surface area contributed by atoms with Crippen LogP contribution in [-0.2, 0) is 19.6 Å². The van der Waals surface area contributed by atoms with E-state index in [0.717, 1.165) is 0 Å². The minimum Gasteiger partial charge on any atom is -0.378 e. The number of carbonyl (C=O) groups is 1. The van der Waals surface area contributed by atoms with Gasteiger partial charge in [0.25, 0.3) is 0 Å². The van der Waals surface area contributed by atoms with Gasteiger partial charge in [-0.2, -0.15) is 4.31 Å². The summed E-state index contributed by atoms with van der Waals surface area (Å²) < 4.78 is 37.3. The molecule has 2 aliphatic heterocycles. The zero-order valence-corrected chi connectivity index (χ0v) is 15.0. The number of piperidine rings is 1. The van der Waals surface area contributed by atoms with Crippen molar-refractivity contribution in [2.75, 3.05) is 39.4 Å². The predicted octanol–water partition coefficient (Wildman–Crippen LogP) is 0.482. The van der Waals surface area contributed by atoms with Crippen LogP contribution < -0.4 is 0 Å². The first kappa shape index (κ1) is 17.4. The Hall–Kier alpha value is -2.04. The molecule has 2 aliphatic rings. The molecule has 1 aromatic carbocycles. The van der Waals surface area contributed by atoms with Gasteiger partial charge in [0.2, 0.25) is 15.9 Å². The second kappa shape index (κ2) is 6.93. The van der Waals surface area contributed by atoms with Crippen LogP contribution in [0.2, 0.25) is 0 Å². The third kappa shape index (κ3) is 3.08. The van der Waals surface area contributed by atoms with E-state index in [-0.39, 0.29) is 22.2 Å². The van der Waals surface area contributed by atoms with Crippen molar-refractivity contribution < 1.29 is 22.6 Å². The zero-order valence-electron chi connectivity index (χ0n) is 14.2. The fourth-order valence-electron chi connectivity index (χ4n) is 3.51. The van der Waals surface area contributed by atoms with Gasteiger partial charge in [-0.05, 0) is 35.3 Å². The molecule has 0 unspecified atom stereocenters. The SMILES string of the molecule is O=C(C1CCN(S(=O)(=O)c2cccc3nonc23)CC1)N1CCOCC1. The Kier molecular flexibility index (Phi) is 4.63. The van der Waals surface area contributed by atoms with Gasteiger partial charge in [-0.15, -0.1) is 0 Å². The van der Waals surface area contributed by atoms with Gasteiger partial charge in [0.1, 0.15) is 10.4 Å². The van der Waals surface area contributed by atoms with Gasteiger partial charge in [-0.1, -0.05) is 6.07 Å². The van der Waals surface area contributed by atoms with Crippen molar-refractivity contribution in [2.45, 2.75) is 17.7 Å². The lowest BCUT2D eigenvalue weighted by Crippen LogP contribution is -2.47. The molecule has 0 saturated carbocycles. The van der Waals surface area contributed by atoms with Crippen LogP contribution in [0, 0.1) is 5.92 Å². The van der Waals surface area contributed by atoms with Crippen LogP contribution in [0.3, 0.4) is 0 Å². The molecule has 0 atom stereocenters. The standard InChI is InChI=1S/C16H20N4O5S/c21-16(19-8-10-24-11-9-19)12-4-6-20(7-5-12)26(22,23)14-3-1-2-13-15(14)18-25-17-13/h1-3,12H,4-11H2. The van der Waals surface area contributed by atoms with E-state index in [0.29, 0.717) is 57.8 Å². The highest BCUT2D eigenvalue weighted by molar-refractivity contribution is 7.89. The van der Waals surface area contributed by atoms with E-state index < -0.39 is 10.0 Å². The Morgan fingerprint density at radius 1 is 1.08 bits per heavy atom. The molecule has 140 valence electrons. The fourth-order valence-corrected chi connectivity index (χ4v) is 5.12. The van der Waals surface area contributed by atoms with Gasteiger partial charge < -0.3 is 9.64 Å². The first-order valence-corrected chi connectivity index (χ1v) is 10.1. The molecule has 4 rings (SSSR count). The number of benzene rings is 1. The number of fused-ring (bicyclic) bond motifs is 1. The van der Waals surface area contributed by atoms with Gasteiger partial charge in [0.05, 0.1) is 13.2 Å². The largest absolute Gasteiger partial charge is 0.378 e. The van der Waals surface area contributed by atoms with Crippen LogP contribution >= 0.6 is 0 Å². The van der Waals surface area contributed by atoms with Crippen LogP contribution in [0.5, 0.6) is 0 Å². The molecule has 10 heteroatoms. The Balaban J connectivity index is 1.47. The maximum atomic E-state index is 13.0. The monoisotopic (exact) mass is 380 g/mol. The molecule has 1 amide bonds. The number of ether oxygens (including phenoxy) is 1. The summed E-state index contributed by atoms with van der Waals surface area (Å²) in [5, 5.41) is 7.42. The number of sulfonamides is 1. The molecular formula is C16H20N4O5S. The third-order valence-electron chi connectivity index (χ3n) is 4.99. The number of nitrogens with zero attached hydrogens (tertiary/aromatic N) is 4. The van der Waals surface area contributed by atoms with E-state index >= 15 is 0 Å². The normalized spacial score (nSPS) is 20.5. The van der Waals surface area contributed by atoms with Gasteiger partial charge in [0, 0.05) is 32.1 Å². The predicted molar refractivity (Wildman–Crippen MR) is 90.7 cm³/mol. The van der Waals surface area contributed by atoms with E-state index in [1.807, 2.05) is 4.90 Å². The topological polar surface area (TPSA) is 106 Å². The number of hydrogen-bond acceptors (Lipinski definition) is 7. The Morgan fingerprint density at radius 2 is 1.81 bits per heavy atom. The number of aromatic nitrogens is 2. The highest BCUT2D eigenvalue weighted by Gasteiger charge is 2.35. The van der Waals surface area contributed by atoms with Gasteiger partial charge in [-0.3, -0.25) is 4.79 Å². The van der Waals surface area contributed by atoms with E-state index in [4.69, 9.17) is 4.74 Å². The summed E-state index contributed by atoms with van der Waals surface area (Å²) in [4.78, 5) is 14.5.